The van der Waals surface area contributed by atoms with Crippen LogP contribution in [0, 0.1) is 0 Å². The highest BCUT2D eigenvalue weighted by Crippen LogP contribution is 2.17. The third-order valence-electron chi connectivity index (χ3n) is 1.23. The van der Waals surface area contributed by atoms with E-state index < -0.39 is 0 Å². The molecule has 0 bridgehead atoms. The highest BCUT2D eigenvalue weighted by atomic mass is 32.1. The van der Waals surface area contributed by atoms with Crippen molar-refractivity contribution < 1.29 is 0 Å². The summed E-state index contributed by atoms with van der Waals surface area (Å²) in [5.41, 5.74) is 1.26. The molecule has 1 aliphatic rings. The van der Waals surface area contributed by atoms with Crippen LogP contribution in [-0.2, 0) is 0 Å². The van der Waals surface area contributed by atoms with Crippen molar-refractivity contribution in [3.8, 4) is 0 Å². The predicted molar refractivity (Wildman–Crippen MR) is 43.4 cm³/mol. The number of dihydropyridines is 1. The summed E-state index contributed by atoms with van der Waals surface area (Å²) in [5, 5.41) is 3.10. The standard InChI is InChI=1S/C7H11NS/c1-6-3-4-8-7(2,9)5-6/h3-5,8-9H,1-2H3. The molecular weight excluding hydrogens is 130 g/mol. The second-order valence-corrected chi connectivity index (χ2v) is 3.44. The van der Waals surface area contributed by atoms with Crippen LogP contribution in [0.15, 0.2) is 23.9 Å². The molecule has 0 saturated heterocycles. The Morgan fingerprint density at radius 2 is 2.33 bits per heavy atom. The van der Waals surface area contributed by atoms with E-state index in [0.29, 0.717) is 0 Å². The Kier molecular flexibility index (Phi) is 1.58. The van der Waals surface area contributed by atoms with Gasteiger partial charge in [0.1, 0.15) is 0 Å². The van der Waals surface area contributed by atoms with Crippen LogP contribution < -0.4 is 5.32 Å². The zero-order valence-electron chi connectivity index (χ0n) is 5.68. The monoisotopic (exact) mass is 141 g/mol. The Hall–Kier alpha value is -0.370. The van der Waals surface area contributed by atoms with Gasteiger partial charge in [-0.15, -0.1) is 12.6 Å². The summed E-state index contributed by atoms with van der Waals surface area (Å²) in [6, 6.07) is 0. The lowest BCUT2D eigenvalue weighted by atomic mass is 10.1. The highest BCUT2D eigenvalue weighted by Gasteiger charge is 2.14. The molecule has 0 spiro atoms. The molecule has 1 N–H and O–H groups in total. The first kappa shape index (κ1) is 6.75. The second-order valence-electron chi connectivity index (χ2n) is 2.51. The van der Waals surface area contributed by atoms with E-state index in [1.807, 2.05) is 19.2 Å². The molecule has 0 saturated carbocycles. The SMILES string of the molecule is CC1=CC(C)(S)NC=C1. The first-order valence-corrected chi connectivity index (χ1v) is 3.41. The van der Waals surface area contributed by atoms with E-state index in [0.717, 1.165) is 0 Å². The third kappa shape index (κ3) is 1.79. The van der Waals surface area contributed by atoms with Crippen LogP contribution in [0.25, 0.3) is 0 Å². The van der Waals surface area contributed by atoms with Crippen molar-refractivity contribution in [3.63, 3.8) is 0 Å². The zero-order chi connectivity index (χ0) is 6.91. The average Bonchev–Trinajstić information content (AvgIpc) is 1.60. The highest BCUT2D eigenvalue weighted by molar-refractivity contribution is 7.82. The van der Waals surface area contributed by atoms with Gasteiger partial charge < -0.3 is 5.32 Å². The molecule has 1 nitrogen and oxygen atoms in total. The van der Waals surface area contributed by atoms with Crippen LogP contribution in [0.4, 0.5) is 0 Å². The van der Waals surface area contributed by atoms with Crippen LogP contribution in [-0.4, -0.2) is 4.87 Å². The molecule has 50 valence electrons. The van der Waals surface area contributed by atoms with Gasteiger partial charge in [0.25, 0.3) is 0 Å². The van der Waals surface area contributed by atoms with E-state index in [2.05, 4.69) is 30.9 Å². The lowest BCUT2D eigenvalue weighted by Crippen LogP contribution is -2.32. The summed E-state index contributed by atoms with van der Waals surface area (Å²) in [6.07, 6.45) is 6.02. The van der Waals surface area contributed by atoms with Gasteiger partial charge in [-0.2, -0.15) is 0 Å². The minimum atomic E-state index is -0.154. The molecule has 1 rings (SSSR count). The molecule has 0 amide bonds. The first-order valence-electron chi connectivity index (χ1n) is 2.96. The topological polar surface area (TPSA) is 12.0 Å². The van der Waals surface area contributed by atoms with Gasteiger partial charge in [0.2, 0.25) is 0 Å². The van der Waals surface area contributed by atoms with E-state index in [1.54, 1.807) is 0 Å². The number of hydrogen-bond donors (Lipinski definition) is 2. The molecule has 1 heterocycles. The molecular formula is C7H11NS. The number of thiol groups is 1. The van der Waals surface area contributed by atoms with E-state index in [4.69, 9.17) is 0 Å². The molecule has 0 aromatic carbocycles. The molecule has 1 atom stereocenters. The van der Waals surface area contributed by atoms with E-state index in [1.165, 1.54) is 5.57 Å². The maximum absolute atomic E-state index is 4.34. The van der Waals surface area contributed by atoms with Crippen molar-refractivity contribution in [2.45, 2.75) is 18.7 Å². The maximum Gasteiger partial charge on any atom is 0.0964 e. The smallest absolute Gasteiger partial charge is 0.0964 e. The van der Waals surface area contributed by atoms with Crippen LogP contribution >= 0.6 is 12.6 Å². The van der Waals surface area contributed by atoms with Crippen molar-refractivity contribution in [3.05, 3.63) is 23.9 Å². The summed E-state index contributed by atoms with van der Waals surface area (Å²) < 4.78 is 0. The summed E-state index contributed by atoms with van der Waals surface area (Å²) in [5.74, 6) is 0. The molecule has 0 aliphatic carbocycles. The van der Waals surface area contributed by atoms with Crippen LogP contribution in [0.1, 0.15) is 13.8 Å². The van der Waals surface area contributed by atoms with Gasteiger partial charge in [-0.25, -0.2) is 0 Å². The molecule has 0 aromatic rings. The van der Waals surface area contributed by atoms with Gasteiger partial charge >= 0.3 is 0 Å². The fourth-order valence-corrected chi connectivity index (χ4v) is 1.15. The van der Waals surface area contributed by atoms with Crippen LogP contribution in [0.5, 0.6) is 0 Å². The number of hydrogen-bond acceptors (Lipinski definition) is 2. The third-order valence-corrected chi connectivity index (χ3v) is 1.49. The molecule has 0 fully saturated rings. The molecule has 0 radical (unpaired) electrons. The van der Waals surface area contributed by atoms with Crippen LogP contribution in [0.3, 0.4) is 0 Å². The minimum absolute atomic E-state index is 0.154. The first-order chi connectivity index (χ1) is 4.10. The number of allylic oxidation sites excluding steroid dienone is 2. The minimum Gasteiger partial charge on any atom is -0.374 e. The number of nitrogens with one attached hydrogen (secondary N) is 1. The molecule has 0 aromatic heterocycles. The fourth-order valence-electron chi connectivity index (χ4n) is 0.875. The Morgan fingerprint density at radius 1 is 1.67 bits per heavy atom. The summed E-state index contributed by atoms with van der Waals surface area (Å²) in [6.45, 7) is 4.08. The maximum atomic E-state index is 4.34. The van der Waals surface area contributed by atoms with E-state index in [-0.39, 0.29) is 4.87 Å². The van der Waals surface area contributed by atoms with Gasteiger partial charge in [0.15, 0.2) is 0 Å². The van der Waals surface area contributed by atoms with E-state index in [9.17, 15) is 0 Å². The summed E-state index contributed by atoms with van der Waals surface area (Å²) in [7, 11) is 0. The lowest BCUT2D eigenvalue weighted by molar-refractivity contribution is 0.699. The van der Waals surface area contributed by atoms with Gasteiger partial charge in [-0.1, -0.05) is 5.57 Å². The number of rotatable bonds is 0. The normalized spacial score (nSPS) is 33.4. The van der Waals surface area contributed by atoms with Gasteiger partial charge in [-0.05, 0) is 32.2 Å². The van der Waals surface area contributed by atoms with Crippen molar-refractivity contribution in [2.24, 2.45) is 0 Å². The Labute approximate surface area is 61.2 Å². The van der Waals surface area contributed by atoms with E-state index >= 15 is 0 Å². The molecule has 1 unspecified atom stereocenters. The quantitative estimate of drug-likeness (QED) is 0.489. The van der Waals surface area contributed by atoms with Gasteiger partial charge in [-0.3, -0.25) is 0 Å². The Balaban J connectivity index is 2.78. The van der Waals surface area contributed by atoms with Gasteiger partial charge in [0.05, 0.1) is 4.87 Å². The Morgan fingerprint density at radius 3 is 2.67 bits per heavy atom. The Bertz CT molecular complexity index is 168. The average molecular weight is 141 g/mol. The predicted octanol–water partition coefficient (Wildman–Crippen LogP) is 1.70. The lowest BCUT2D eigenvalue weighted by Gasteiger charge is -2.23. The van der Waals surface area contributed by atoms with Crippen molar-refractivity contribution >= 4 is 12.6 Å². The van der Waals surface area contributed by atoms with Crippen LogP contribution in [0.2, 0.25) is 0 Å². The summed E-state index contributed by atoms with van der Waals surface area (Å²) >= 11 is 4.34. The van der Waals surface area contributed by atoms with Crippen molar-refractivity contribution in [1.29, 1.82) is 0 Å². The molecule has 9 heavy (non-hydrogen) atoms. The van der Waals surface area contributed by atoms with Crippen molar-refractivity contribution in [2.75, 3.05) is 0 Å². The molecule has 1 aliphatic heterocycles. The van der Waals surface area contributed by atoms with Crippen molar-refractivity contribution in [1.82, 2.24) is 5.32 Å². The zero-order valence-corrected chi connectivity index (χ0v) is 6.57. The summed E-state index contributed by atoms with van der Waals surface area (Å²) in [4.78, 5) is -0.154. The second kappa shape index (κ2) is 2.10. The largest absolute Gasteiger partial charge is 0.374 e. The van der Waals surface area contributed by atoms with Gasteiger partial charge in [0, 0.05) is 0 Å². The molecule has 2 heteroatoms. The fraction of sp³-hybridized carbons (Fsp3) is 0.429.